The predicted octanol–water partition coefficient (Wildman–Crippen LogP) is 4.13. The molecule has 3 aromatic rings. The van der Waals surface area contributed by atoms with Crippen LogP contribution in [0.3, 0.4) is 0 Å². The number of nitrogens with zero attached hydrogens (tertiary/aromatic N) is 4. The van der Waals surface area contributed by atoms with Gasteiger partial charge in [0.25, 0.3) is 10.0 Å². The van der Waals surface area contributed by atoms with Crippen molar-refractivity contribution in [2.75, 3.05) is 57.4 Å². The number of fused-ring (bicyclic) bond motifs is 1. The smallest absolute Gasteiger partial charge is 0.252 e. The molecule has 0 N–H and O–H groups in total. The highest BCUT2D eigenvalue weighted by Gasteiger charge is 2.36. The molecule has 8 nitrogen and oxygen atoms in total. The fourth-order valence-electron chi connectivity index (χ4n) is 5.17. The fraction of sp³-hybridized carbons (Fsp3) is 0.538. The monoisotopic (exact) mass is 562 g/mol. The molecule has 2 saturated heterocycles. The molecule has 1 atom stereocenters. The predicted molar refractivity (Wildman–Crippen MR) is 149 cm³/mol. The Morgan fingerprint density at radius 1 is 1.22 bits per heavy atom. The van der Waals surface area contributed by atoms with Crippen molar-refractivity contribution in [2.45, 2.75) is 37.3 Å². The SMILES string of the molecule is Cc1cc(C)c2nc(N(CCCN3CCOCC3)C(=O)C3CCCN(S(=O)(=O)c4cccs4)C3)sc2c1. The van der Waals surface area contributed by atoms with Crippen molar-refractivity contribution in [3.63, 3.8) is 0 Å². The summed E-state index contributed by atoms with van der Waals surface area (Å²) in [6, 6.07) is 7.62. The first-order chi connectivity index (χ1) is 17.8. The third-order valence-corrected chi connectivity index (χ3v) is 11.4. The van der Waals surface area contributed by atoms with Gasteiger partial charge in [0.1, 0.15) is 4.21 Å². The Balaban J connectivity index is 1.38. The maximum Gasteiger partial charge on any atom is 0.252 e. The van der Waals surface area contributed by atoms with Crippen LogP contribution in [0.4, 0.5) is 5.13 Å². The number of carbonyl (C=O) groups is 1. The number of sulfonamides is 1. The number of ether oxygens (including phenoxy) is 1. The third kappa shape index (κ3) is 5.91. The molecule has 1 unspecified atom stereocenters. The zero-order valence-corrected chi connectivity index (χ0v) is 23.8. The number of piperidine rings is 1. The number of morpholine rings is 1. The lowest BCUT2D eigenvalue weighted by Crippen LogP contribution is -2.47. The minimum atomic E-state index is -3.59. The molecule has 2 aliphatic heterocycles. The molecule has 0 radical (unpaired) electrons. The molecule has 37 heavy (non-hydrogen) atoms. The Morgan fingerprint density at radius 2 is 2.03 bits per heavy atom. The number of carbonyl (C=O) groups excluding carboxylic acids is 1. The quantitative estimate of drug-likeness (QED) is 0.411. The molecule has 0 spiro atoms. The van der Waals surface area contributed by atoms with E-state index in [-0.39, 0.29) is 18.4 Å². The summed E-state index contributed by atoms with van der Waals surface area (Å²) in [5.74, 6) is -0.414. The van der Waals surface area contributed by atoms with Gasteiger partial charge in [-0.2, -0.15) is 4.31 Å². The minimum Gasteiger partial charge on any atom is -0.379 e. The zero-order chi connectivity index (χ0) is 26.0. The van der Waals surface area contributed by atoms with Gasteiger partial charge in [0.05, 0.1) is 29.3 Å². The van der Waals surface area contributed by atoms with Crippen LogP contribution < -0.4 is 4.90 Å². The van der Waals surface area contributed by atoms with E-state index in [2.05, 4.69) is 30.9 Å². The Kier molecular flexibility index (Phi) is 8.28. The minimum absolute atomic E-state index is 0.0264. The van der Waals surface area contributed by atoms with E-state index in [0.29, 0.717) is 35.3 Å². The van der Waals surface area contributed by atoms with Crippen molar-refractivity contribution in [3.05, 3.63) is 40.8 Å². The summed E-state index contributed by atoms with van der Waals surface area (Å²) >= 11 is 2.77. The molecule has 0 bridgehead atoms. The van der Waals surface area contributed by atoms with E-state index in [0.717, 1.165) is 55.0 Å². The molecule has 2 aromatic heterocycles. The molecular formula is C26H34N4O4S3. The molecule has 0 aliphatic carbocycles. The standard InChI is InChI=1S/C26H34N4O4S3/c1-19-16-20(2)24-22(17-19)36-26(27-24)30(10-5-8-28-11-13-34-14-12-28)25(31)21-6-3-9-29(18-21)37(32,33)23-7-4-15-35-23/h4,7,15-17,21H,3,5-6,8-14,18H2,1-2H3. The Morgan fingerprint density at radius 3 is 2.78 bits per heavy atom. The van der Waals surface area contributed by atoms with Crippen LogP contribution in [0.25, 0.3) is 10.2 Å². The maximum absolute atomic E-state index is 14.0. The number of aromatic nitrogens is 1. The van der Waals surface area contributed by atoms with Crippen LogP contribution in [0.5, 0.6) is 0 Å². The van der Waals surface area contributed by atoms with Crippen molar-refractivity contribution in [1.82, 2.24) is 14.2 Å². The highest BCUT2D eigenvalue weighted by atomic mass is 32.2. The van der Waals surface area contributed by atoms with Gasteiger partial charge in [0.15, 0.2) is 5.13 Å². The largest absolute Gasteiger partial charge is 0.379 e. The lowest BCUT2D eigenvalue weighted by molar-refractivity contribution is -0.123. The lowest BCUT2D eigenvalue weighted by Gasteiger charge is -2.34. The first-order valence-electron chi connectivity index (χ1n) is 12.9. The molecule has 2 fully saturated rings. The van der Waals surface area contributed by atoms with Crippen molar-refractivity contribution in [1.29, 1.82) is 0 Å². The average molecular weight is 563 g/mol. The number of hydrogen-bond donors (Lipinski definition) is 0. The highest BCUT2D eigenvalue weighted by molar-refractivity contribution is 7.91. The van der Waals surface area contributed by atoms with E-state index in [1.165, 1.54) is 21.2 Å². The van der Waals surface area contributed by atoms with E-state index in [1.54, 1.807) is 28.8 Å². The average Bonchev–Trinajstić information content (AvgIpc) is 3.58. The molecule has 1 amide bonds. The van der Waals surface area contributed by atoms with Gasteiger partial charge >= 0.3 is 0 Å². The van der Waals surface area contributed by atoms with Gasteiger partial charge < -0.3 is 4.74 Å². The highest BCUT2D eigenvalue weighted by Crippen LogP contribution is 2.34. The van der Waals surface area contributed by atoms with Crippen molar-refractivity contribution >= 4 is 54.0 Å². The second kappa shape index (κ2) is 11.5. The van der Waals surface area contributed by atoms with Gasteiger partial charge in [0, 0.05) is 39.3 Å². The number of benzene rings is 1. The second-order valence-electron chi connectivity index (χ2n) is 9.86. The number of rotatable bonds is 8. The summed E-state index contributed by atoms with van der Waals surface area (Å²) in [5.41, 5.74) is 3.21. The van der Waals surface area contributed by atoms with Gasteiger partial charge in [-0.25, -0.2) is 13.4 Å². The molecule has 200 valence electrons. The number of thiazole rings is 1. The zero-order valence-electron chi connectivity index (χ0n) is 21.4. The van der Waals surface area contributed by atoms with Crippen LogP contribution in [0.2, 0.25) is 0 Å². The summed E-state index contributed by atoms with van der Waals surface area (Å²) in [6.45, 7) is 9.53. The van der Waals surface area contributed by atoms with E-state index in [4.69, 9.17) is 9.72 Å². The summed E-state index contributed by atoms with van der Waals surface area (Å²) < 4.78 is 34.7. The Bertz CT molecular complexity index is 1330. The molecule has 5 rings (SSSR count). The molecule has 11 heteroatoms. The first kappa shape index (κ1) is 26.7. The van der Waals surface area contributed by atoms with Gasteiger partial charge in [0.2, 0.25) is 5.91 Å². The molecular weight excluding hydrogens is 529 g/mol. The van der Waals surface area contributed by atoms with Crippen LogP contribution in [0.1, 0.15) is 30.4 Å². The van der Waals surface area contributed by atoms with E-state index >= 15 is 0 Å². The first-order valence-corrected chi connectivity index (χ1v) is 16.0. The van der Waals surface area contributed by atoms with Gasteiger partial charge in [-0.15, -0.1) is 11.3 Å². The number of hydrogen-bond acceptors (Lipinski definition) is 8. The van der Waals surface area contributed by atoms with Crippen LogP contribution in [-0.4, -0.2) is 81.0 Å². The topological polar surface area (TPSA) is 83.1 Å². The van der Waals surface area contributed by atoms with E-state index in [1.807, 2.05) is 4.90 Å². The van der Waals surface area contributed by atoms with Crippen molar-refractivity contribution < 1.29 is 17.9 Å². The van der Waals surface area contributed by atoms with Crippen LogP contribution in [-0.2, 0) is 19.6 Å². The Labute approximate surface area is 226 Å². The van der Waals surface area contributed by atoms with Gasteiger partial charge in [-0.05, 0) is 61.7 Å². The van der Waals surface area contributed by atoms with Crippen LogP contribution in [0.15, 0.2) is 33.9 Å². The van der Waals surface area contributed by atoms with E-state index < -0.39 is 10.0 Å². The third-order valence-electron chi connectivity index (χ3n) is 7.10. The second-order valence-corrected chi connectivity index (χ2v) is 14.0. The normalized spacial score (nSPS) is 19.9. The fourth-order valence-corrected chi connectivity index (χ4v) is 9.01. The summed E-state index contributed by atoms with van der Waals surface area (Å²) in [6.07, 6.45) is 2.17. The molecule has 0 saturated carbocycles. The van der Waals surface area contributed by atoms with E-state index in [9.17, 15) is 13.2 Å². The molecule has 2 aliphatic rings. The van der Waals surface area contributed by atoms with Gasteiger partial charge in [-0.1, -0.05) is 23.5 Å². The number of thiophene rings is 1. The molecule has 4 heterocycles. The Hall–Kier alpha value is -1.89. The lowest BCUT2D eigenvalue weighted by atomic mass is 9.98. The summed E-state index contributed by atoms with van der Waals surface area (Å²) in [5, 5.41) is 2.47. The number of amides is 1. The maximum atomic E-state index is 14.0. The summed E-state index contributed by atoms with van der Waals surface area (Å²) in [4.78, 5) is 23.1. The summed E-state index contributed by atoms with van der Waals surface area (Å²) in [7, 11) is -3.59. The van der Waals surface area contributed by atoms with Crippen LogP contribution >= 0.6 is 22.7 Å². The molecule has 1 aromatic carbocycles. The van der Waals surface area contributed by atoms with Gasteiger partial charge in [-0.3, -0.25) is 14.6 Å². The van der Waals surface area contributed by atoms with Crippen molar-refractivity contribution in [3.8, 4) is 0 Å². The van der Waals surface area contributed by atoms with Crippen molar-refractivity contribution in [2.24, 2.45) is 5.92 Å². The number of anilines is 1. The van der Waals surface area contributed by atoms with Crippen LogP contribution in [0, 0.1) is 19.8 Å². The number of aryl methyl sites for hydroxylation is 2.